The second kappa shape index (κ2) is 7.71. The van der Waals surface area contributed by atoms with Crippen molar-refractivity contribution < 1.29 is 0 Å². The van der Waals surface area contributed by atoms with Crippen LogP contribution in [0, 0.1) is 0 Å². The largest absolute Gasteiger partial charge is 0.364 e. The lowest BCUT2D eigenvalue weighted by Gasteiger charge is -2.26. The van der Waals surface area contributed by atoms with E-state index in [1.165, 1.54) is 19.3 Å². The third kappa shape index (κ3) is 3.40. The summed E-state index contributed by atoms with van der Waals surface area (Å²) >= 11 is 0. The Bertz CT molecular complexity index is 940. The van der Waals surface area contributed by atoms with Gasteiger partial charge in [0.15, 0.2) is 11.5 Å². The first-order chi connectivity index (χ1) is 13.9. The maximum Gasteiger partial charge on any atom is 0.225 e. The lowest BCUT2D eigenvalue weighted by Crippen LogP contribution is -2.35. The van der Waals surface area contributed by atoms with E-state index in [0.29, 0.717) is 6.04 Å². The molecule has 2 saturated heterocycles. The van der Waals surface area contributed by atoms with Crippen molar-refractivity contribution in [2.45, 2.75) is 38.1 Å². The SMILES string of the molecule is c1cc(-c2cnc3c(NC4CCNCC4)nccn23)nc(N2CCCCC2)n1. The van der Waals surface area contributed by atoms with E-state index in [1.54, 1.807) is 0 Å². The smallest absolute Gasteiger partial charge is 0.225 e. The van der Waals surface area contributed by atoms with Gasteiger partial charge in [0.05, 0.1) is 17.6 Å². The summed E-state index contributed by atoms with van der Waals surface area (Å²) in [5.74, 6) is 1.65. The molecule has 8 heteroatoms. The number of piperidine rings is 2. The molecule has 2 N–H and O–H groups in total. The first kappa shape index (κ1) is 17.4. The number of hydrogen-bond acceptors (Lipinski definition) is 7. The van der Waals surface area contributed by atoms with Crippen LogP contribution in [-0.2, 0) is 0 Å². The molecule has 0 bridgehead atoms. The Kier molecular flexibility index (Phi) is 4.78. The van der Waals surface area contributed by atoms with Crippen molar-refractivity contribution in [1.29, 1.82) is 0 Å². The van der Waals surface area contributed by atoms with Crippen LogP contribution in [0.2, 0.25) is 0 Å². The highest BCUT2D eigenvalue weighted by Gasteiger charge is 2.18. The minimum Gasteiger partial charge on any atom is -0.364 e. The molecule has 3 aromatic rings. The molecule has 0 saturated carbocycles. The molecular weight excluding hydrogens is 352 g/mol. The third-order valence-corrected chi connectivity index (χ3v) is 5.65. The molecule has 3 aromatic heterocycles. The van der Waals surface area contributed by atoms with Crippen LogP contribution in [0.25, 0.3) is 17.0 Å². The average Bonchev–Trinajstić information content (AvgIpc) is 3.21. The Morgan fingerprint density at radius 3 is 2.71 bits per heavy atom. The fourth-order valence-corrected chi connectivity index (χ4v) is 4.11. The highest BCUT2D eigenvalue weighted by molar-refractivity contribution is 5.69. The Morgan fingerprint density at radius 2 is 1.86 bits per heavy atom. The molecule has 0 spiro atoms. The van der Waals surface area contributed by atoms with Gasteiger partial charge >= 0.3 is 0 Å². The highest BCUT2D eigenvalue weighted by atomic mass is 15.3. The van der Waals surface area contributed by atoms with Gasteiger partial charge in [-0.2, -0.15) is 0 Å². The van der Waals surface area contributed by atoms with E-state index in [9.17, 15) is 0 Å². The second-order valence-corrected chi connectivity index (χ2v) is 7.57. The summed E-state index contributed by atoms with van der Waals surface area (Å²) in [4.78, 5) is 20.8. The van der Waals surface area contributed by atoms with E-state index < -0.39 is 0 Å². The number of anilines is 2. The fourth-order valence-electron chi connectivity index (χ4n) is 4.11. The summed E-state index contributed by atoms with van der Waals surface area (Å²) in [6, 6.07) is 2.39. The van der Waals surface area contributed by atoms with Crippen LogP contribution in [-0.4, -0.2) is 56.6 Å². The number of nitrogens with one attached hydrogen (secondary N) is 2. The van der Waals surface area contributed by atoms with Crippen LogP contribution in [0.4, 0.5) is 11.8 Å². The number of nitrogens with zero attached hydrogens (tertiary/aromatic N) is 6. The van der Waals surface area contributed by atoms with E-state index in [1.807, 2.05) is 30.9 Å². The molecule has 5 rings (SSSR count). The maximum atomic E-state index is 4.84. The predicted octanol–water partition coefficient (Wildman–Crippen LogP) is 2.34. The summed E-state index contributed by atoms with van der Waals surface area (Å²) in [6.45, 7) is 4.15. The van der Waals surface area contributed by atoms with Gasteiger partial charge in [-0.15, -0.1) is 0 Å². The number of imidazole rings is 1. The van der Waals surface area contributed by atoms with E-state index in [0.717, 1.165) is 67.8 Å². The van der Waals surface area contributed by atoms with Crippen molar-refractivity contribution >= 4 is 17.4 Å². The molecule has 2 fully saturated rings. The number of aromatic nitrogens is 5. The highest BCUT2D eigenvalue weighted by Crippen LogP contribution is 2.25. The monoisotopic (exact) mass is 378 g/mol. The molecule has 0 unspecified atom stereocenters. The van der Waals surface area contributed by atoms with Crippen molar-refractivity contribution in [3.63, 3.8) is 0 Å². The first-order valence-corrected chi connectivity index (χ1v) is 10.3. The van der Waals surface area contributed by atoms with Gasteiger partial charge in [-0.25, -0.2) is 19.9 Å². The quantitative estimate of drug-likeness (QED) is 0.721. The fraction of sp³-hybridized carbons (Fsp3) is 0.500. The average molecular weight is 378 g/mol. The van der Waals surface area contributed by atoms with Crippen LogP contribution in [0.15, 0.2) is 30.9 Å². The van der Waals surface area contributed by atoms with Crippen molar-refractivity contribution in [1.82, 2.24) is 29.7 Å². The lowest BCUT2D eigenvalue weighted by atomic mass is 10.1. The van der Waals surface area contributed by atoms with Gasteiger partial charge in [-0.1, -0.05) is 0 Å². The van der Waals surface area contributed by atoms with Crippen molar-refractivity contribution in [3.05, 3.63) is 30.9 Å². The van der Waals surface area contributed by atoms with E-state index in [-0.39, 0.29) is 0 Å². The molecule has 2 aliphatic rings. The van der Waals surface area contributed by atoms with Gasteiger partial charge in [0, 0.05) is 37.7 Å². The van der Waals surface area contributed by atoms with Gasteiger partial charge in [-0.3, -0.25) is 4.40 Å². The zero-order valence-electron chi connectivity index (χ0n) is 16.0. The summed E-state index contributed by atoms with van der Waals surface area (Å²) in [6.07, 6.45) is 13.4. The van der Waals surface area contributed by atoms with Crippen LogP contribution in [0.3, 0.4) is 0 Å². The summed E-state index contributed by atoms with van der Waals surface area (Å²) in [7, 11) is 0. The topological polar surface area (TPSA) is 83.3 Å². The van der Waals surface area contributed by atoms with Gasteiger partial charge < -0.3 is 15.5 Å². The number of fused-ring (bicyclic) bond motifs is 1. The Morgan fingerprint density at radius 1 is 1.00 bits per heavy atom. The molecule has 28 heavy (non-hydrogen) atoms. The molecule has 5 heterocycles. The maximum absolute atomic E-state index is 4.84. The third-order valence-electron chi connectivity index (χ3n) is 5.65. The van der Waals surface area contributed by atoms with Crippen molar-refractivity contribution in [3.8, 4) is 11.4 Å². The molecule has 0 aromatic carbocycles. The van der Waals surface area contributed by atoms with Crippen molar-refractivity contribution in [2.75, 3.05) is 36.4 Å². The van der Waals surface area contributed by atoms with Crippen LogP contribution < -0.4 is 15.5 Å². The summed E-state index contributed by atoms with van der Waals surface area (Å²) < 4.78 is 2.07. The van der Waals surface area contributed by atoms with Gasteiger partial charge in [-0.05, 0) is 51.3 Å². The van der Waals surface area contributed by atoms with E-state index >= 15 is 0 Å². The molecule has 2 aliphatic heterocycles. The summed E-state index contributed by atoms with van der Waals surface area (Å²) in [5.41, 5.74) is 2.70. The second-order valence-electron chi connectivity index (χ2n) is 7.57. The standard InChI is InChI=1S/C20H26N8/c1-2-11-27(12-3-1)20-23-9-6-16(26-20)17-14-24-19-18(22-10-13-28(17)19)25-15-4-7-21-8-5-15/h6,9-10,13-15,21H,1-5,7-8,11-12H2,(H,22,25). The van der Waals surface area contributed by atoms with Gasteiger partial charge in [0.1, 0.15) is 0 Å². The predicted molar refractivity (Wildman–Crippen MR) is 110 cm³/mol. The van der Waals surface area contributed by atoms with Crippen LogP contribution in [0.1, 0.15) is 32.1 Å². The zero-order chi connectivity index (χ0) is 18.8. The molecular formula is C20H26N8. The molecule has 0 atom stereocenters. The number of rotatable bonds is 4. The molecule has 0 amide bonds. The van der Waals surface area contributed by atoms with Gasteiger partial charge in [0.25, 0.3) is 0 Å². The number of hydrogen-bond donors (Lipinski definition) is 2. The normalized spacial score (nSPS) is 18.5. The van der Waals surface area contributed by atoms with Gasteiger partial charge in [0.2, 0.25) is 5.95 Å². The van der Waals surface area contributed by atoms with Crippen molar-refractivity contribution in [2.24, 2.45) is 0 Å². The molecule has 0 radical (unpaired) electrons. The Labute approximate surface area is 164 Å². The molecule has 0 aliphatic carbocycles. The molecule has 146 valence electrons. The lowest BCUT2D eigenvalue weighted by molar-refractivity contribution is 0.478. The Balaban J connectivity index is 1.46. The molecule has 8 nitrogen and oxygen atoms in total. The minimum atomic E-state index is 0.435. The minimum absolute atomic E-state index is 0.435. The van der Waals surface area contributed by atoms with Crippen LogP contribution in [0.5, 0.6) is 0 Å². The van der Waals surface area contributed by atoms with E-state index in [2.05, 4.69) is 34.9 Å². The Hall–Kier alpha value is -2.74. The first-order valence-electron chi connectivity index (χ1n) is 10.3. The zero-order valence-corrected chi connectivity index (χ0v) is 16.0. The van der Waals surface area contributed by atoms with E-state index in [4.69, 9.17) is 4.98 Å². The summed E-state index contributed by atoms with van der Waals surface area (Å²) in [5, 5.41) is 6.97. The van der Waals surface area contributed by atoms with Crippen LogP contribution >= 0.6 is 0 Å².